The Balaban J connectivity index is 2.84. The predicted molar refractivity (Wildman–Crippen MR) is 73.0 cm³/mol. The molecule has 0 saturated heterocycles. The van der Waals surface area contributed by atoms with E-state index in [0.717, 1.165) is 5.56 Å². The van der Waals surface area contributed by atoms with Crippen molar-refractivity contribution in [2.75, 3.05) is 6.61 Å². The maximum Gasteiger partial charge on any atom is 0.324 e. The maximum atomic E-state index is 11.1. The largest absolute Gasteiger partial charge is 0.485 e. The summed E-state index contributed by atoms with van der Waals surface area (Å²) in [6.45, 7) is 5.21. The van der Waals surface area contributed by atoms with Crippen LogP contribution in [0.4, 0.5) is 5.69 Å². The van der Waals surface area contributed by atoms with Crippen LogP contribution in [0, 0.1) is 17.0 Å². The maximum absolute atomic E-state index is 11.1. The molecule has 7 heteroatoms. The third kappa shape index (κ3) is 4.51. The van der Waals surface area contributed by atoms with Gasteiger partial charge >= 0.3 is 11.7 Å². The van der Waals surface area contributed by atoms with Crippen molar-refractivity contribution in [3.63, 3.8) is 0 Å². The van der Waals surface area contributed by atoms with Gasteiger partial charge in [-0.25, -0.2) is 0 Å². The number of nitro benzene ring substituents is 1. The second-order valence-electron chi connectivity index (χ2n) is 4.75. The highest BCUT2D eigenvalue weighted by Crippen LogP contribution is 2.27. The molecule has 0 aliphatic rings. The lowest BCUT2D eigenvalue weighted by Gasteiger charge is -2.17. The zero-order valence-corrected chi connectivity index (χ0v) is 11.6. The first-order valence-electron chi connectivity index (χ1n) is 6.18. The molecule has 0 radical (unpaired) electrons. The van der Waals surface area contributed by atoms with Gasteiger partial charge in [0.05, 0.1) is 4.92 Å². The third-order valence-electron chi connectivity index (χ3n) is 2.55. The van der Waals surface area contributed by atoms with Crippen molar-refractivity contribution in [1.29, 1.82) is 0 Å². The zero-order chi connectivity index (χ0) is 15.3. The number of carboxylic acids is 1. The number of carbonyl (C=O) groups is 1. The lowest BCUT2D eigenvalue weighted by molar-refractivity contribution is -0.385. The smallest absolute Gasteiger partial charge is 0.324 e. The highest BCUT2D eigenvalue weighted by atomic mass is 16.6. The summed E-state index contributed by atoms with van der Waals surface area (Å²) >= 11 is 0. The molecule has 0 amide bonds. The molecule has 0 bridgehead atoms. The Kier molecular flexibility index (Phi) is 5.45. The van der Waals surface area contributed by atoms with E-state index >= 15 is 0 Å². The number of nitro groups is 1. The van der Waals surface area contributed by atoms with Crippen LogP contribution in [0.3, 0.4) is 0 Å². The number of carboxylic acid groups (broad SMARTS) is 1. The van der Waals surface area contributed by atoms with Crippen molar-refractivity contribution in [2.45, 2.75) is 32.9 Å². The fourth-order valence-electron chi connectivity index (χ4n) is 1.65. The number of aryl methyl sites for hydroxylation is 1. The van der Waals surface area contributed by atoms with Crippen LogP contribution in [-0.2, 0) is 4.79 Å². The van der Waals surface area contributed by atoms with E-state index in [1.165, 1.54) is 12.1 Å². The highest BCUT2D eigenvalue weighted by Gasteiger charge is 2.21. The molecule has 1 unspecified atom stereocenters. The summed E-state index contributed by atoms with van der Waals surface area (Å²) in [6, 6.07) is 3.51. The summed E-state index contributed by atoms with van der Waals surface area (Å²) < 4.78 is 5.32. The highest BCUT2D eigenvalue weighted by molar-refractivity contribution is 5.73. The van der Waals surface area contributed by atoms with E-state index in [9.17, 15) is 14.9 Å². The number of nitrogens with zero attached hydrogens (tertiary/aromatic N) is 1. The number of ether oxygens (including phenoxy) is 1. The standard InChI is InChI=1S/C13H18N2O5/c1-8(2)14-10(13(16)17)7-20-12-6-9(3)4-5-11(12)15(18)19/h4-6,8,10,14H,7H2,1-3H3,(H,16,17). The van der Waals surface area contributed by atoms with E-state index < -0.39 is 16.9 Å². The number of benzene rings is 1. The van der Waals surface area contributed by atoms with E-state index in [1.807, 2.05) is 13.8 Å². The quantitative estimate of drug-likeness (QED) is 0.583. The summed E-state index contributed by atoms with van der Waals surface area (Å²) in [5.74, 6) is -0.985. The average Bonchev–Trinajstić information content (AvgIpc) is 2.33. The lowest BCUT2D eigenvalue weighted by Crippen LogP contribution is -2.44. The Morgan fingerprint density at radius 3 is 2.65 bits per heavy atom. The van der Waals surface area contributed by atoms with Gasteiger partial charge in [0, 0.05) is 12.1 Å². The Morgan fingerprint density at radius 2 is 2.15 bits per heavy atom. The number of hydrogen-bond donors (Lipinski definition) is 2. The molecule has 1 aromatic carbocycles. The van der Waals surface area contributed by atoms with Gasteiger partial charge in [-0.3, -0.25) is 20.2 Å². The molecule has 2 N–H and O–H groups in total. The Bertz CT molecular complexity index is 502. The molecule has 0 aliphatic heterocycles. The van der Waals surface area contributed by atoms with Crippen molar-refractivity contribution in [3.8, 4) is 5.75 Å². The molecule has 1 aromatic rings. The van der Waals surface area contributed by atoms with Gasteiger partial charge in [-0.2, -0.15) is 0 Å². The summed E-state index contributed by atoms with van der Waals surface area (Å²) in [4.78, 5) is 21.4. The summed E-state index contributed by atoms with van der Waals surface area (Å²) in [5, 5.41) is 22.8. The van der Waals surface area contributed by atoms with E-state index in [0.29, 0.717) is 0 Å². The molecule has 0 aliphatic carbocycles. The molecule has 0 saturated carbocycles. The first-order valence-corrected chi connectivity index (χ1v) is 6.18. The number of hydrogen-bond acceptors (Lipinski definition) is 5. The van der Waals surface area contributed by atoms with Gasteiger partial charge in [-0.15, -0.1) is 0 Å². The molecule has 0 heterocycles. The molecule has 0 aromatic heterocycles. The van der Waals surface area contributed by atoms with Crippen LogP contribution in [0.25, 0.3) is 0 Å². The Hall–Kier alpha value is -2.15. The first-order chi connectivity index (χ1) is 9.31. The summed E-state index contributed by atoms with van der Waals surface area (Å²) in [7, 11) is 0. The SMILES string of the molecule is Cc1ccc([N+](=O)[O-])c(OCC(NC(C)C)C(=O)O)c1. The van der Waals surface area contributed by atoms with Gasteiger partial charge in [0.1, 0.15) is 12.6 Å². The molecule has 20 heavy (non-hydrogen) atoms. The minimum atomic E-state index is -1.06. The van der Waals surface area contributed by atoms with Crippen molar-refractivity contribution < 1.29 is 19.6 Å². The van der Waals surface area contributed by atoms with Crippen LogP contribution in [0.5, 0.6) is 5.75 Å². The molecular weight excluding hydrogens is 264 g/mol. The minimum Gasteiger partial charge on any atom is -0.485 e. The first kappa shape index (κ1) is 15.9. The van der Waals surface area contributed by atoms with Gasteiger partial charge in [0.25, 0.3) is 0 Å². The minimum absolute atomic E-state index is 0.0350. The van der Waals surface area contributed by atoms with E-state index in [4.69, 9.17) is 9.84 Å². The molecule has 110 valence electrons. The second kappa shape index (κ2) is 6.85. The Labute approximate surface area is 116 Å². The van der Waals surface area contributed by atoms with E-state index in [1.54, 1.807) is 13.0 Å². The van der Waals surface area contributed by atoms with Crippen LogP contribution in [0.15, 0.2) is 18.2 Å². The van der Waals surface area contributed by atoms with Crippen LogP contribution in [0.1, 0.15) is 19.4 Å². The molecule has 1 atom stereocenters. The van der Waals surface area contributed by atoms with Crippen LogP contribution < -0.4 is 10.1 Å². The monoisotopic (exact) mass is 282 g/mol. The average molecular weight is 282 g/mol. The van der Waals surface area contributed by atoms with Gasteiger partial charge in [0.2, 0.25) is 0 Å². The Morgan fingerprint density at radius 1 is 1.50 bits per heavy atom. The molecule has 0 spiro atoms. The van der Waals surface area contributed by atoms with Gasteiger partial charge in [-0.05, 0) is 18.6 Å². The van der Waals surface area contributed by atoms with E-state index in [-0.39, 0.29) is 24.1 Å². The normalized spacial score (nSPS) is 12.2. The van der Waals surface area contributed by atoms with Crippen LogP contribution in [-0.4, -0.2) is 34.7 Å². The molecule has 0 fully saturated rings. The van der Waals surface area contributed by atoms with Crippen molar-refractivity contribution in [3.05, 3.63) is 33.9 Å². The number of rotatable bonds is 7. The fraction of sp³-hybridized carbons (Fsp3) is 0.462. The topological polar surface area (TPSA) is 102 Å². The third-order valence-corrected chi connectivity index (χ3v) is 2.55. The number of aliphatic carboxylic acids is 1. The molecule has 1 rings (SSSR count). The fourth-order valence-corrected chi connectivity index (χ4v) is 1.65. The van der Waals surface area contributed by atoms with Crippen LogP contribution >= 0.6 is 0 Å². The molecular formula is C13H18N2O5. The predicted octanol–water partition coefficient (Wildman–Crippen LogP) is 1.73. The van der Waals surface area contributed by atoms with Gasteiger partial charge in [-0.1, -0.05) is 19.9 Å². The van der Waals surface area contributed by atoms with Crippen molar-refractivity contribution in [2.24, 2.45) is 0 Å². The van der Waals surface area contributed by atoms with Crippen LogP contribution in [0.2, 0.25) is 0 Å². The second-order valence-corrected chi connectivity index (χ2v) is 4.75. The number of nitrogens with one attached hydrogen (secondary N) is 1. The lowest BCUT2D eigenvalue weighted by atomic mass is 10.2. The van der Waals surface area contributed by atoms with Crippen molar-refractivity contribution >= 4 is 11.7 Å². The van der Waals surface area contributed by atoms with Gasteiger partial charge in [0.15, 0.2) is 5.75 Å². The summed E-state index contributed by atoms with van der Waals surface area (Å²) in [6.07, 6.45) is 0. The zero-order valence-electron chi connectivity index (χ0n) is 11.6. The molecule has 7 nitrogen and oxygen atoms in total. The summed E-state index contributed by atoms with van der Waals surface area (Å²) in [5.41, 5.74) is 0.624. The van der Waals surface area contributed by atoms with E-state index in [2.05, 4.69) is 5.32 Å². The van der Waals surface area contributed by atoms with Crippen molar-refractivity contribution in [1.82, 2.24) is 5.32 Å². The van der Waals surface area contributed by atoms with Gasteiger partial charge < -0.3 is 9.84 Å².